The molecule has 0 aliphatic carbocycles. The standard InChI is InChI=1S/C13H19ClN2O/c1-10(9-16(2)3)15-13(17)12-6-4-5-11(7-12)8-14/h4-7,10H,8-9H2,1-3H3,(H,15,17). The van der Waals surface area contributed by atoms with Crippen molar-refractivity contribution < 1.29 is 4.79 Å². The van der Waals surface area contributed by atoms with Crippen LogP contribution >= 0.6 is 11.6 Å². The Morgan fingerprint density at radius 3 is 2.76 bits per heavy atom. The van der Waals surface area contributed by atoms with E-state index in [1.54, 1.807) is 6.07 Å². The summed E-state index contributed by atoms with van der Waals surface area (Å²) >= 11 is 5.74. The zero-order valence-corrected chi connectivity index (χ0v) is 11.3. The zero-order valence-electron chi connectivity index (χ0n) is 10.5. The number of halogens is 1. The summed E-state index contributed by atoms with van der Waals surface area (Å²) in [5.74, 6) is 0.375. The number of nitrogens with zero attached hydrogens (tertiary/aromatic N) is 1. The van der Waals surface area contributed by atoms with Gasteiger partial charge in [0.15, 0.2) is 0 Å². The van der Waals surface area contributed by atoms with Crippen LogP contribution in [0.5, 0.6) is 0 Å². The Morgan fingerprint density at radius 2 is 2.18 bits per heavy atom. The van der Waals surface area contributed by atoms with Gasteiger partial charge in [0.25, 0.3) is 5.91 Å². The van der Waals surface area contributed by atoms with Gasteiger partial charge in [-0.1, -0.05) is 12.1 Å². The summed E-state index contributed by atoms with van der Waals surface area (Å²) in [6.07, 6.45) is 0. The van der Waals surface area contributed by atoms with Gasteiger partial charge in [-0.25, -0.2) is 0 Å². The number of carbonyl (C=O) groups is 1. The van der Waals surface area contributed by atoms with E-state index in [4.69, 9.17) is 11.6 Å². The summed E-state index contributed by atoms with van der Waals surface area (Å²) in [4.78, 5) is 14.0. The fourth-order valence-electron chi connectivity index (χ4n) is 1.70. The topological polar surface area (TPSA) is 32.3 Å². The van der Waals surface area contributed by atoms with Crippen LogP contribution in [0.25, 0.3) is 0 Å². The molecule has 1 amide bonds. The van der Waals surface area contributed by atoms with Gasteiger partial charge in [-0.2, -0.15) is 0 Å². The van der Waals surface area contributed by atoms with Gasteiger partial charge in [0, 0.05) is 24.0 Å². The lowest BCUT2D eigenvalue weighted by molar-refractivity contribution is 0.0934. The Morgan fingerprint density at radius 1 is 1.47 bits per heavy atom. The molecule has 0 fully saturated rings. The molecular formula is C13H19ClN2O. The van der Waals surface area contributed by atoms with Crippen LogP contribution in [0.4, 0.5) is 0 Å². The fourth-order valence-corrected chi connectivity index (χ4v) is 1.86. The number of alkyl halides is 1. The van der Waals surface area contributed by atoms with Crippen LogP contribution in [0.1, 0.15) is 22.8 Å². The summed E-state index contributed by atoms with van der Waals surface area (Å²) in [5, 5.41) is 2.96. The molecule has 0 heterocycles. The highest BCUT2D eigenvalue weighted by Gasteiger charge is 2.10. The van der Waals surface area contributed by atoms with E-state index in [1.165, 1.54) is 0 Å². The highest BCUT2D eigenvalue weighted by Crippen LogP contribution is 2.08. The molecular weight excluding hydrogens is 236 g/mol. The van der Waals surface area contributed by atoms with Crippen molar-refractivity contribution in [3.05, 3.63) is 35.4 Å². The number of amides is 1. The molecule has 0 aliphatic heterocycles. The Bertz CT molecular complexity index is 379. The summed E-state index contributed by atoms with van der Waals surface area (Å²) in [6, 6.07) is 7.51. The summed E-state index contributed by atoms with van der Waals surface area (Å²) in [5.41, 5.74) is 1.62. The first-order valence-electron chi connectivity index (χ1n) is 5.63. The predicted octanol–water partition coefficient (Wildman–Crippen LogP) is 2.11. The van der Waals surface area contributed by atoms with E-state index < -0.39 is 0 Å². The molecule has 1 aromatic rings. The number of hydrogen-bond acceptors (Lipinski definition) is 2. The minimum Gasteiger partial charge on any atom is -0.348 e. The maximum Gasteiger partial charge on any atom is 0.251 e. The molecule has 3 nitrogen and oxygen atoms in total. The van der Waals surface area contributed by atoms with E-state index in [0.29, 0.717) is 11.4 Å². The molecule has 1 N–H and O–H groups in total. The van der Waals surface area contributed by atoms with Crippen molar-refractivity contribution in [1.82, 2.24) is 10.2 Å². The quantitative estimate of drug-likeness (QED) is 0.817. The van der Waals surface area contributed by atoms with Crippen LogP contribution in [0, 0.1) is 0 Å². The third-order valence-corrected chi connectivity index (χ3v) is 2.67. The molecule has 0 radical (unpaired) electrons. The molecule has 1 atom stereocenters. The first-order chi connectivity index (χ1) is 8.02. The van der Waals surface area contributed by atoms with Crippen molar-refractivity contribution in [2.45, 2.75) is 18.8 Å². The maximum atomic E-state index is 11.9. The lowest BCUT2D eigenvalue weighted by Gasteiger charge is -2.18. The van der Waals surface area contributed by atoms with Crippen molar-refractivity contribution in [3.8, 4) is 0 Å². The molecule has 0 aromatic heterocycles. The van der Waals surface area contributed by atoms with Crippen LogP contribution in [-0.2, 0) is 5.88 Å². The number of nitrogens with one attached hydrogen (secondary N) is 1. The molecule has 1 rings (SSSR count). The second-order valence-corrected chi connectivity index (χ2v) is 4.74. The molecule has 1 aromatic carbocycles. The van der Waals surface area contributed by atoms with Gasteiger partial charge in [0.05, 0.1) is 0 Å². The molecule has 0 saturated carbocycles. The van der Waals surface area contributed by atoms with E-state index in [-0.39, 0.29) is 11.9 Å². The number of benzene rings is 1. The summed E-state index contributed by atoms with van der Waals surface area (Å²) < 4.78 is 0. The van der Waals surface area contributed by atoms with Crippen LogP contribution in [0.15, 0.2) is 24.3 Å². The van der Waals surface area contributed by atoms with Crippen molar-refractivity contribution >= 4 is 17.5 Å². The first kappa shape index (κ1) is 14.0. The lowest BCUT2D eigenvalue weighted by atomic mass is 10.1. The maximum absolute atomic E-state index is 11.9. The molecule has 0 spiro atoms. The van der Waals surface area contributed by atoms with Crippen LogP contribution in [0.3, 0.4) is 0 Å². The largest absolute Gasteiger partial charge is 0.348 e. The van der Waals surface area contributed by atoms with Gasteiger partial charge in [0.2, 0.25) is 0 Å². The number of carbonyl (C=O) groups excluding carboxylic acids is 1. The number of likely N-dealkylation sites (N-methyl/N-ethyl adjacent to an activating group) is 1. The van der Waals surface area contributed by atoms with Gasteiger partial charge < -0.3 is 10.2 Å². The fraction of sp³-hybridized carbons (Fsp3) is 0.462. The molecule has 0 bridgehead atoms. The van der Waals surface area contributed by atoms with Crippen molar-refractivity contribution in [2.24, 2.45) is 0 Å². The van der Waals surface area contributed by atoms with Crippen LogP contribution in [-0.4, -0.2) is 37.5 Å². The summed E-state index contributed by atoms with van der Waals surface area (Å²) in [7, 11) is 3.97. The minimum atomic E-state index is -0.0497. The average molecular weight is 255 g/mol. The van der Waals surface area contributed by atoms with E-state index >= 15 is 0 Å². The van der Waals surface area contributed by atoms with E-state index in [9.17, 15) is 4.79 Å². The van der Waals surface area contributed by atoms with E-state index in [1.807, 2.05) is 44.1 Å². The predicted molar refractivity (Wildman–Crippen MR) is 71.5 cm³/mol. The monoisotopic (exact) mass is 254 g/mol. The van der Waals surface area contributed by atoms with Gasteiger partial charge in [0.1, 0.15) is 0 Å². The molecule has 17 heavy (non-hydrogen) atoms. The number of hydrogen-bond donors (Lipinski definition) is 1. The van der Waals surface area contributed by atoms with Gasteiger partial charge >= 0.3 is 0 Å². The molecule has 0 aliphatic rings. The van der Waals surface area contributed by atoms with Crippen molar-refractivity contribution in [3.63, 3.8) is 0 Å². The van der Waals surface area contributed by atoms with Crippen molar-refractivity contribution in [1.29, 1.82) is 0 Å². The Hall–Kier alpha value is -1.06. The molecule has 4 heteroatoms. The normalized spacial score (nSPS) is 12.5. The highest BCUT2D eigenvalue weighted by atomic mass is 35.5. The highest BCUT2D eigenvalue weighted by molar-refractivity contribution is 6.17. The SMILES string of the molecule is CC(CN(C)C)NC(=O)c1cccc(CCl)c1. The minimum absolute atomic E-state index is 0.0497. The van der Waals surface area contributed by atoms with Gasteiger partial charge in [-0.05, 0) is 38.7 Å². The van der Waals surface area contributed by atoms with E-state index in [0.717, 1.165) is 12.1 Å². The second-order valence-electron chi connectivity index (χ2n) is 4.47. The third kappa shape index (κ3) is 4.75. The third-order valence-electron chi connectivity index (χ3n) is 2.36. The second kappa shape index (κ2) is 6.62. The summed E-state index contributed by atoms with van der Waals surface area (Å²) in [6.45, 7) is 2.81. The lowest BCUT2D eigenvalue weighted by Crippen LogP contribution is -2.39. The smallest absolute Gasteiger partial charge is 0.251 e. The van der Waals surface area contributed by atoms with E-state index in [2.05, 4.69) is 5.32 Å². The van der Waals surface area contributed by atoms with Gasteiger partial charge in [-0.15, -0.1) is 11.6 Å². The van der Waals surface area contributed by atoms with Crippen LogP contribution < -0.4 is 5.32 Å². The average Bonchev–Trinajstić information content (AvgIpc) is 2.27. The van der Waals surface area contributed by atoms with Gasteiger partial charge in [-0.3, -0.25) is 4.79 Å². The molecule has 1 unspecified atom stereocenters. The van der Waals surface area contributed by atoms with Crippen molar-refractivity contribution in [2.75, 3.05) is 20.6 Å². The number of rotatable bonds is 5. The Kier molecular flexibility index (Phi) is 5.45. The molecule has 0 saturated heterocycles. The van der Waals surface area contributed by atoms with Crippen LogP contribution in [0.2, 0.25) is 0 Å². The molecule has 94 valence electrons. The first-order valence-corrected chi connectivity index (χ1v) is 6.17. The Balaban J connectivity index is 2.63. The zero-order chi connectivity index (χ0) is 12.8. The Labute approximate surface area is 108 Å².